The molecule has 1 heterocycles. The van der Waals surface area contributed by atoms with Crippen molar-refractivity contribution in [1.82, 2.24) is 5.32 Å². The van der Waals surface area contributed by atoms with Gasteiger partial charge in [0.1, 0.15) is 16.7 Å². The number of carbonyl (C=O) groups is 1. The minimum absolute atomic E-state index is 0.0362. The number of benzene rings is 2. The molecular formula is C17H12N2O4S2. The molecule has 1 aliphatic heterocycles. The Balaban J connectivity index is 1.75. The molecule has 0 atom stereocenters. The number of amides is 1. The molecule has 126 valence electrons. The Labute approximate surface area is 153 Å². The van der Waals surface area contributed by atoms with Crippen molar-refractivity contribution in [2.24, 2.45) is 0 Å². The van der Waals surface area contributed by atoms with Crippen LogP contribution in [-0.2, 0) is 11.4 Å². The van der Waals surface area contributed by atoms with E-state index in [2.05, 4.69) is 5.32 Å². The average molecular weight is 372 g/mol. The van der Waals surface area contributed by atoms with Crippen molar-refractivity contribution in [3.63, 3.8) is 0 Å². The summed E-state index contributed by atoms with van der Waals surface area (Å²) < 4.78 is 6.24. The Morgan fingerprint density at radius 2 is 1.92 bits per heavy atom. The number of ether oxygens (including phenoxy) is 1. The molecular weight excluding hydrogens is 360 g/mol. The van der Waals surface area contributed by atoms with Crippen LogP contribution in [0.4, 0.5) is 5.69 Å². The lowest BCUT2D eigenvalue weighted by Gasteiger charge is -2.09. The highest BCUT2D eigenvalue weighted by atomic mass is 32.2. The maximum absolute atomic E-state index is 11.8. The number of non-ortho nitro benzene ring substituents is 1. The minimum atomic E-state index is -0.444. The Morgan fingerprint density at radius 1 is 1.20 bits per heavy atom. The first-order chi connectivity index (χ1) is 12.0. The summed E-state index contributed by atoms with van der Waals surface area (Å²) in [5.41, 5.74) is 1.60. The van der Waals surface area contributed by atoms with E-state index in [1.54, 1.807) is 24.3 Å². The van der Waals surface area contributed by atoms with E-state index in [9.17, 15) is 14.9 Å². The van der Waals surface area contributed by atoms with E-state index in [0.717, 1.165) is 11.1 Å². The third kappa shape index (κ3) is 4.23. The van der Waals surface area contributed by atoms with Crippen LogP contribution in [0.5, 0.6) is 5.75 Å². The highest BCUT2D eigenvalue weighted by molar-refractivity contribution is 8.26. The molecule has 2 aromatic carbocycles. The Bertz CT molecular complexity index is 878. The fourth-order valence-corrected chi connectivity index (χ4v) is 3.20. The van der Waals surface area contributed by atoms with Crippen LogP contribution in [0.1, 0.15) is 11.1 Å². The average Bonchev–Trinajstić information content (AvgIpc) is 2.91. The van der Waals surface area contributed by atoms with Gasteiger partial charge in [-0.1, -0.05) is 42.2 Å². The fourth-order valence-electron chi connectivity index (χ4n) is 2.17. The van der Waals surface area contributed by atoms with Crippen LogP contribution < -0.4 is 10.1 Å². The number of nitro groups is 1. The van der Waals surface area contributed by atoms with Gasteiger partial charge in [0.15, 0.2) is 0 Å². The van der Waals surface area contributed by atoms with Crippen LogP contribution in [0, 0.1) is 10.1 Å². The van der Waals surface area contributed by atoms with Gasteiger partial charge in [-0.25, -0.2) is 0 Å². The lowest BCUT2D eigenvalue weighted by molar-refractivity contribution is -0.384. The number of rotatable bonds is 5. The molecule has 1 aliphatic rings. The zero-order valence-corrected chi connectivity index (χ0v) is 14.4. The summed E-state index contributed by atoms with van der Waals surface area (Å²) >= 11 is 6.19. The number of nitrogens with one attached hydrogen (secondary N) is 1. The topological polar surface area (TPSA) is 81.5 Å². The van der Waals surface area contributed by atoms with Gasteiger partial charge in [0.25, 0.3) is 11.6 Å². The van der Waals surface area contributed by atoms with Crippen molar-refractivity contribution in [1.29, 1.82) is 0 Å². The van der Waals surface area contributed by atoms with E-state index in [1.165, 1.54) is 23.9 Å². The van der Waals surface area contributed by atoms with Crippen LogP contribution in [0.25, 0.3) is 6.08 Å². The summed E-state index contributed by atoms with van der Waals surface area (Å²) in [4.78, 5) is 22.5. The van der Waals surface area contributed by atoms with Gasteiger partial charge in [0.05, 0.1) is 9.83 Å². The second-order valence-electron chi connectivity index (χ2n) is 5.10. The van der Waals surface area contributed by atoms with Crippen LogP contribution in [0.15, 0.2) is 53.4 Å². The molecule has 0 bridgehead atoms. The van der Waals surface area contributed by atoms with Gasteiger partial charge in [0, 0.05) is 17.7 Å². The fraction of sp³-hybridized carbons (Fsp3) is 0.0588. The molecule has 0 aromatic heterocycles. The van der Waals surface area contributed by atoms with Crippen molar-refractivity contribution in [2.75, 3.05) is 0 Å². The van der Waals surface area contributed by atoms with E-state index in [1.807, 2.05) is 18.2 Å². The SMILES string of the molecule is O=C1NC(=S)S/C1=C/c1ccccc1OCc1ccc([N+](=O)[O-])cc1. The van der Waals surface area contributed by atoms with Gasteiger partial charge >= 0.3 is 0 Å². The van der Waals surface area contributed by atoms with E-state index in [4.69, 9.17) is 17.0 Å². The number of thiocarbonyl (C=S) groups is 1. The summed E-state index contributed by atoms with van der Waals surface area (Å²) in [7, 11) is 0. The number of thioether (sulfide) groups is 1. The Hall–Kier alpha value is -2.71. The zero-order valence-electron chi connectivity index (χ0n) is 12.8. The molecule has 0 unspecified atom stereocenters. The number of para-hydroxylation sites is 1. The molecule has 1 fully saturated rings. The molecule has 1 N–H and O–H groups in total. The van der Waals surface area contributed by atoms with Gasteiger partial charge in [0.2, 0.25) is 0 Å². The number of nitro benzene ring substituents is 1. The molecule has 3 rings (SSSR count). The van der Waals surface area contributed by atoms with Crippen molar-refractivity contribution in [2.45, 2.75) is 6.61 Å². The molecule has 1 saturated heterocycles. The molecule has 2 aromatic rings. The molecule has 25 heavy (non-hydrogen) atoms. The van der Waals surface area contributed by atoms with Gasteiger partial charge in [-0.15, -0.1) is 0 Å². The van der Waals surface area contributed by atoms with Crippen LogP contribution in [0.2, 0.25) is 0 Å². The molecule has 8 heteroatoms. The van der Waals surface area contributed by atoms with Crippen molar-refractivity contribution in [3.05, 3.63) is 74.7 Å². The summed E-state index contributed by atoms with van der Waals surface area (Å²) in [6.45, 7) is 0.260. The van der Waals surface area contributed by atoms with Crippen LogP contribution >= 0.6 is 24.0 Å². The van der Waals surface area contributed by atoms with Gasteiger partial charge in [-0.3, -0.25) is 14.9 Å². The standard InChI is InChI=1S/C17H12N2O4S2/c20-16-15(25-17(24)18-16)9-12-3-1-2-4-14(12)23-10-11-5-7-13(8-6-11)19(21)22/h1-9H,10H2,(H,18,20,24)/b15-9+. The lowest BCUT2D eigenvalue weighted by atomic mass is 10.1. The van der Waals surface area contributed by atoms with Gasteiger partial charge in [-0.05, 0) is 29.8 Å². The molecule has 0 saturated carbocycles. The second-order valence-corrected chi connectivity index (χ2v) is 6.82. The van der Waals surface area contributed by atoms with Crippen molar-refractivity contribution in [3.8, 4) is 5.75 Å². The lowest BCUT2D eigenvalue weighted by Crippen LogP contribution is -2.17. The first-order valence-corrected chi connectivity index (χ1v) is 8.45. The first kappa shape index (κ1) is 17.1. The monoisotopic (exact) mass is 372 g/mol. The predicted octanol–water partition coefficient (Wildman–Crippen LogP) is 3.66. The highest BCUT2D eigenvalue weighted by Gasteiger charge is 2.22. The van der Waals surface area contributed by atoms with Crippen LogP contribution in [0.3, 0.4) is 0 Å². The Morgan fingerprint density at radius 3 is 2.56 bits per heavy atom. The Kier molecular flexibility index (Phi) is 5.11. The largest absolute Gasteiger partial charge is 0.488 e. The molecule has 0 radical (unpaired) electrons. The van der Waals surface area contributed by atoms with E-state index < -0.39 is 4.92 Å². The van der Waals surface area contributed by atoms with Crippen molar-refractivity contribution < 1.29 is 14.5 Å². The summed E-state index contributed by atoms with van der Waals surface area (Å²) in [5, 5.41) is 13.2. The maximum atomic E-state index is 11.8. The summed E-state index contributed by atoms with van der Waals surface area (Å²) in [5.74, 6) is 0.389. The number of hydrogen-bond acceptors (Lipinski definition) is 6. The summed E-state index contributed by atoms with van der Waals surface area (Å²) in [6, 6.07) is 13.5. The first-order valence-electron chi connectivity index (χ1n) is 7.23. The molecule has 0 spiro atoms. The second kappa shape index (κ2) is 7.45. The minimum Gasteiger partial charge on any atom is -0.488 e. The molecule has 1 amide bonds. The zero-order chi connectivity index (χ0) is 17.8. The quantitative estimate of drug-likeness (QED) is 0.373. The van der Waals surface area contributed by atoms with Gasteiger partial charge < -0.3 is 10.1 Å². The molecule has 0 aliphatic carbocycles. The maximum Gasteiger partial charge on any atom is 0.269 e. The number of nitrogens with zero attached hydrogens (tertiary/aromatic N) is 1. The third-order valence-electron chi connectivity index (χ3n) is 3.39. The predicted molar refractivity (Wildman–Crippen MR) is 100 cm³/mol. The third-order valence-corrected chi connectivity index (χ3v) is 4.55. The van der Waals surface area contributed by atoms with Gasteiger partial charge in [-0.2, -0.15) is 0 Å². The van der Waals surface area contributed by atoms with Crippen molar-refractivity contribution >= 4 is 46.0 Å². The van der Waals surface area contributed by atoms with E-state index >= 15 is 0 Å². The van der Waals surface area contributed by atoms with E-state index in [0.29, 0.717) is 15.0 Å². The summed E-state index contributed by atoms with van der Waals surface area (Å²) in [6.07, 6.45) is 1.73. The number of carbonyl (C=O) groups excluding carboxylic acids is 1. The number of hydrogen-bond donors (Lipinski definition) is 1. The van der Waals surface area contributed by atoms with Crippen LogP contribution in [-0.4, -0.2) is 15.2 Å². The van der Waals surface area contributed by atoms with E-state index in [-0.39, 0.29) is 18.2 Å². The normalized spacial score (nSPS) is 15.3. The molecule has 6 nitrogen and oxygen atoms in total. The smallest absolute Gasteiger partial charge is 0.269 e. The highest BCUT2D eigenvalue weighted by Crippen LogP contribution is 2.29.